The van der Waals surface area contributed by atoms with E-state index in [9.17, 15) is 15.2 Å². The minimum Gasteiger partial charge on any atom is -0.508 e. The van der Waals surface area contributed by atoms with Crippen molar-refractivity contribution in [2.45, 2.75) is 0 Å². The quantitative estimate of drug-likeness (QED) is 0.665. The Bertz CT molecular complexity index is 567. The monoisotopic (exact) mass is 244 g/mol. The highest BCUT2D eigenvalue weighted by Gasteiger charge is 2.08. The van der Waals surface area contributed by atoms with E-state index >= 15 is 0 Å². The summed E-state index contributed by atoms with van der Waals surface area (Å²) in [7, 11) is 1.83. The van der Waals surface area contributed by atoms with E-state index in [1.54, 1.807) is 30.3 Å². The van der Waals surface area contributed by atoms with E-state index in [2.05, 4.69) is 0 Å². The SMILES string of the molecule is CN(c1ccc([N+](=O)[O-])cc1)c1cccc(O)c1. The molecule has 0 aromatic heterocycles. The first-order valence-corrected chi connectivity index (χ1v) is 5.35. The van der Waals surface area contributed by atoms with Gasteiger partial charge < -0.3 is 10.0 Å². The lowest BCUT2D eigenvalue weighted by Gasteiger charge is -2.19. The fourth-order valence-corrected chi connectivity index (χ4v) is 1.65. The third-order valence-corrected chi connectivity index (χ3v) is 2.66. The molecule has 0 fully saturated rings. The highest BCUT2D eigenvalue weighted by atomic mass is 16.6. The summed E-state index contributed by atoms with van der Waals surface area (Å²) in [5.41, 5.74) is 1.68. The maximum absolute atomic E-state index is 10.6. The molecule has 0 atom stereocenters. The van der Waals surface area contributed by atoms with Gasteiger partial charge in [-0.2, -0.15) is 0 Å². The molecule has 18 heavy (non-hydrogen) atoms. The lowest BCUT2D eigenvalue weighted by molar-refractivity contribution is -0.384. The number of hydrogen-bond donors (Lipinski definition) is 1. The van der Waals surface area contributed by atoms with Crippen molar-refractivity contribution in [1.29, 1.82) is 0 Å². The van der Waals surface area contributed by atoms with Gasteiger partial charge in [-0.15, -0.1) is 0 Å². The van der Waals surface area contributed by atoms with Gasteiger partial charge in [-0.05, 0) is 24.3 Å². The standard InChI is InChI=1S/C13H12N2O3/c1-14(12-3-2-4-13(16)9-12)10-5-7-11(8-6-10)15(17)18/h2-9,16H,1H3. The molecule has 92 valence electrons. The van der Waals surface area contributed by atoms with Crippen LogP contribution in [-0.2, 0) is 0 Å². The molecule has 2 aromatic carbocycles. The Morgan fingerprint density at radius 2 is 1.78 bits per heavy atom. The van der Waals surface area contributed by atoms with Crippen LogP contribution in [0.15, 0.2) is 48.5 Å². The zero-order valence-electron chi connectivity index (χ0n) is 9.78. The van der Waals surface area contributed by atoms with Gasteiger partial charge in [0.15, 0.2) is 0 Å². The molecule has 1 N–H and O–H groups in total. The predicted molar refractivity (Wildman–Crippen MR) is 69.3 cm³/mol. The Hall–Kier alpha value is -2.56. The molecule has 0 aliphatic heterocycles. The maximum Gasteiger partial charge on any atom is 0.269 e. The summed E-state index contributed by atoms with van der Waals surface area (Å²) in [6.07, 6.45) is 0. The van der Waals surface area contributed by atoms with Crippen molar-refractivity contribution in [2.24, 2.45) is 0 Å². The molecule has 0 amide bonds. The van der Waals surface area contributed by atoms with Crippen LogP contribution in [0.3, 0.4) is 0 Å². The van der Waals surface area contributed by atoms with Gasteiger partial charge in [-0.1, -0.05) is 6.07 Å². The predicted octanol–water partition coefficient (Wildman–Crippen LogP) is 3.07. The first kappa shape index (κ1) is 11.9. The van der Waals surface area contributed by atoms with E-state index < -0.39 is 4.92 Å². The molecule has 0 bridgehead atoms. The van der Waals surface area contributed by atoms with Crippen LogP contribution in [0, 0.1) is 10.1 Å². The zero-order chi connectivity index (χ0) is 13.1. The normalized spacial score (nSPS) is 10.1. The molecule has 0 saturated carbocycles. The van der Waals surface area contributed by atoms with Crippen LogP contribution < -0.4 is 4.90 Å². The first-order chi connectivity index (χ1) is 8.58. The van der Waals surface area contributed by atoms with Gasteiger partial charge in [0.25, 0.3) is 5.69 Å². The number of aromatic hydroxyl groups is 1. The number of benzene rings is 2. The molecule has 0 heterocycles. The van der Waals surface area contributed by atoms with Crippen LogP contribution in [0.25, 0.3) is 0 Å². The first-order valence-electron chi connectivity index (χ1n) is 5.35. The molecule has 0 spiro atoms. The van der Waals surface area contributed by atoms with E-state index in [1.807, 2.05) is 18.0 Å². The Balaban J connectivity index is 2.28. The summed E-state index contributed by atoms with van der Waals surface area (Å²) in [6.45, 7) is 0. The van der Waals surface area contributed by atoms with E-state index in [4.69, 9.17) is 0 Å². The summed E-state index contributed by atoms with van der Waals surface area (Å²) in [4.78, 5) is 12.0. The van der Waals surface area contributed by atoms with Crippen LogP contribution in [-0.4, -0.2) is 17.1 Å². The lowest BCUT2D eigenvalue weighted by Crippen LogP contribution is -2.08. The third kappa shape index (κ3) is 2.40. The minimum atomic E-state index is -0.432. The van der Waals surface area contributed by atoms with Crippen molar-refractivity contribution in [1.82, 2.24) is 0 Å². The number of anilines is 2. The van der Waals surface area contributed by atoms with E-state index in [1.165, 1.54) is 12.1 Å². The summed E-state index contributed by atoms with van der Waals surface area (Å²) in [5, 5.41) is 20.0. The van der Waals surface area contributed by atoms with Crippen molar-refractivity contribution in [3.63, 3.8) is 0 Å². The maximum atomic E-state index is 10.6. The fraction of sp³-hybridized carbons (Fsp3) is 0.0769. The number of nitro benzene ring substituents is 1. The van der Waals surface area contributed by atoms with Crippen molar-refractivity contribution in [3.05, 3.63) is 58.6 Å². The van der Waals surface area contributed by atoms with Crippen LogP contribution >= 0.6 is 0 Å². The number of rotatable bonds is 3. The molecule has 2 rings (SSSR count). The van der Waals surface area contributed by atoms with Gasteiger partial charge in [0.1, 0.15) is 5.75 Å². The molecule has 0 radical (unpaired) electrons. The number of hydrogen-bond acceptors (Lipinski definition) is 4. The summed E-state index contributed by atoms with van der Waals surface area (Å²) >= 11 is 0. The number of phenols is 1. The second kappa shape index (κ2) is 4.75. The molecule has 0 saturated heterocycles. The van der Waals surface area contributed by atoms with Crippen LogP contribution in [0.1, 0.15) is 0 Å². The van der Waals surface area contributed by atoms with E-state index in [0.29, 0.717) is 0 Å². The van der Waals surface area contributed by atoms with Gasteiger partial charge in [0.05, 0.1) is 4.92 Å². The topological polar surface area (TPSA) is 66.6 Å². The number of nitro groups is 1. The Morgan fingerprint density at radius 3 is 2.33 bits per heavy atom. The molecular formula is C13H12N2O3. The molecular weight excluding hydrogens is 232 g/mol. The highest BCUT2D eigenvalue weighted by Crippen LogP contribution is 2.27. The molecule has 0 aliphatic carbocycles. The molecule has 0 aliphatic rings. The number of phenolic OH excluding ortho intramolecular Hbond substituents is 1. The summed E-state index contributed by atoms with van der Waals surface area (Å²) < 4.78 is 0. The summed E-state index contributed by atoms with van der Waals surface area (Å²) in [5.74, 6) is 0.182. The van der Waals surface area contributed by atoms with Gasteiger partial charge >= 0.3 is 0 Å². The van der Waals surface area contributed by atoms with Crippen molar-refractivity contribution < 1.29 is 10.0 Å². The largest absolute Gasteiger partial charge is 0.508 e. The molecule has 0 unspecified atom stereocenters. The third-order valence-electron chi connectivity index (χ3n) is 2.66. The van der Waals surface area contributed by atoms with Crippen LogP contribution in [0.5, 0.6) is 5.75 Å². The Morgan fingerprint density at radius 1 is 1.11 bits per heavy atom. The van der Waals surface area contributed by atoms with Gasteiger partial charge in [0.2, 0.25) is 0 Å². The average molecular weight is 244 g/mol. The van der Waals surface area contributed by atoms with Gasteiger partial charge in [-0.3, -0.25) is 10.1 Å². The number of nitrogens with zero attached hydrogens (tertiary/aromatic N) is 2. The number of non-ortho nitro benzene ring substituents is 1. The molecule has 2 aromatic rings. The minimum absolute atomic E-state index is 0.0584. The Labute approximate surface area is 104 Å². The van der Waals surface area contributed by atoms with Crippen molar-refractivity contribution in [3.8, 4) is 5.75 Å². The lowest BCUT2D eigenvalue weighted by atomic mass is 10.2. The van der Waals surface area contributed by atoms with Crippen LogP contribution in [0.4, 0.5) is 17.1 Å². The van der Waals surface area contributed by atoms with Gasteiger partial charge in [-0.25, -0.2) is 0 Å². The highest BCUT2D eigenvalue weighted by molar-refractivity contribution is 5.64. The second-order valence-corrected chi connectivity index (χ2v) is 3.85. The second-order valence-electron chi connectivity index (χ2n) is 3.85. The Kier molecular flexibility index (Phi) is 3.14. The zero-order valence-corrected chi connectivity index (χ0v) is 9.78. The van der Waals surface area contributed by atoms with Crippen molar-refractivity contribution in [2.75, 3.05) is 11.9 Å². The van der Waals surface area contributed by atoms with Gasteiger partial charge in [0, 0.05) is 36.6 Å². The fourth-order valence-electron chi connectivity index (χ4n) is 1.65. The molecule has 5 heteroatoms. The smallest absolute Gasteiger partial charge is 0.269 e. The van der Waals surface area contributed by atoms with E-state index in [0.717, 1.165) is 11.4 Å². The average Bonchev–Trinajstić information content (AvgIpc) is 2.38. The van der Waals surface area contributed by atoms with E-state index in [-0.39, 0.29) is 11.4 Å². The summed E-state index contributed by atoms with van der Waals surface area (Å²) in [6, 6.07) is 13.1. The van der Waals surface area contributed by atoms with Crippen molar-refractivity contribution >= 4 is 17.1 Å². The van der Waals surface area contributed by atoms with Crippen LogP contribution in [0.2, 0.25) is 0 Å². The molecule has 5 nitrogen and oxygen atoms in total.